The van der Waals surface area contributed by atoms with Gasteiger partial charge in [-0.05, 0) is 45.0 Å². The summed E-state index contributed by atoms with van der Waals surface area (Å²) in [4.78, 5) is 0. The minimum Gasteiger partial charge on any atom is -0.496 e. The number of rotatable bonds is 5. The summed E-state index contributed by atoms with van der Waals surface area (Å²) >= 11 is 0. The summed E-state index contributed by atoms with van der Waals surface area (Å²) < 4.78 is 28.3. The molecular formula is C14H23NO3S. The van der Waals surface area contributed by atoms with Crippen molar-refractivity contribution in [2.75, 3.05) is 20.4 Å². The molecule has 19 heavy (non-hydrogen) atoms. The summed E-state index contributed by atoms with van der Waals surface area (Å²) in [6.07, 6.45) is 1.27. The second-order valence-corrected chi connectivity index (χ2v) is 7.92. The summed E-state index contributed by atoms with van der Waals surface area (Å²) in [5.74, 6) is 0.802. The zero-order valence-corrected chi connectivity index (χ0v) is 13.3. The molecule has 1 aromatic carbocycles. The molecule has 5 heteroatoms. The van der Waals surface area contributed by atoms with E-state index in [9.17, 15) is 8.42 Å². The highest BCUT2D eigenvalue weighted by atomic mass is 32.2. The molecule has 0 spiro atoms. The molecule has 4 nitrogen and oxygen atoms in total. The lowest BCUT2D eigenvalue weighted by Crippen LogP contribution is -2.43. The molecule has 0 aliphatic rings. The molecule has 0 saturated heterocycles. The Kier molecular flexibility index (Phi) is 4.63. The lowest BCUT2D eigenvalue weighted by atomic mass is 9.94. The van der Waals surface area contributed by atoms with Crippen LogP contribution in [-0.4, -0.2) is 33.6 Å². The van der Waals surface area contributed by atoms with Gasteiger partial charge in [0, 0.05) is 6.26 Å². The van der Waals surface area contributed by atoms with Crippen LogP contribution in [0.1, 0.15) is 31.0 Å². The lowest BCUT2D eigenvalue weighted by molar-refractivity contribution is 0.410. The van der Waals surface area contributed by atoms with Crippen LogP contribution in [0.15, 0.2) is 18.2 Å². The van der Waals surface area contributed by atoms with Crippen LogP contribution in [0.5, 0.6) is 5.75 Å². The van der Waals surface area contributed by atoms with Gasteiger partial charge >= 0.3 is 0 Å². The zero-order valence-electron chi connectivity index (χ0n) is 12.4. The van der Waals surface area contributed by atoms with E-state index in [1.807, 2.05) is 25.1 Å². The van der Waals surface area contributed by atoms with Crippen molar-refractivity contribution in [1.29, 1.82) is 0 Å². The van der Waals surface area contributed by atoms with Gasteiger partial charge in [0.1, 0.15) is 5.75 Å². The number of aryl methyl sites for hydroxylation is 1. The second-order valence-electron chi connectivity index (χ2n) is 5.33. The van der Waals surface area contributed by atoms with E-state index < -0.39 is 14.6 Å². The number of sulfone groups is 1. The van der Waals surface area contributed by atoms with E-state index in [0.717, 1.165) is 16.9 Å². The highest BCUT2D eigenvalue weighted by Gasteiger charge is 2.39. The maximum atomic E-state index is 12.0. The highest BCUT2D eigenvalue weighted by Crippen LogP contribution is 2.33. The molecule has 108 valence electrons. The fourth-order valence-electron chi connectivity index (χ4n) is 2.21. The Labute approximate surface area is 116 Å². The summed E-state index contributed by atoms with van der Waals surface area (Å²) in [7, 11) is 0.214. The van der Waals surface area contributed by atoms with E-state index in [1.54, 1.807) is 28.0 Å². The van der Waals surface area contributed by atoms with Gasteiger partial charge in [-0.3, -0.25) is 0 Å². The van der Waals surface area contributed by atoms with Gasteiger partial charge in [-0.15, -0.1) is 0 Å². The molecular weight excluding hydrogens is 262 g/mol. The third-order valence-corrected chi connectivity index (χ3v) is 5.84. The minimum atomic E-state index is -3.18. The Morgan fingerprint density at radius 1 is 1.32 bits per heavy atom. The van der Waals surface area contributed by atoms with E-state index in [1.165, 1.54) is 6.26 Å². The van der Waals surface area contributed by atoms with E-state index >= 15 is 0 Å². The molecule has 0 radical (unpaired) electrons. The van der Waals surface area contributed by atoms with E-state index in [4.69, 9.17) is 4.74 Å². The zero-order chi connectivity index (χ0) is 14.8. The van der Waals surface area contributed by atoms with Gasteiger partial charge in [0.2, 0.25) is 0 Å². The Balaban J connectivity index is 3.29. The van der Waals surface area contributed by atoms with Crippen molar-refractivity contribution in [2.45, 2.75) is 31.6 Å². The summed E-state index contributed by atoms with van der Waals surface area (Å²) in [5.41, 5.74) is 1.93. The van der Waals surface area contributed by atoms with E-state index in [0.29, 0.717) is 0 Å². The largest absolute Gasteiger partial charge is 0.496 e. The van der Waals surface area contributed by atoms with Gasteiger partial charge in [0.15, 0.2) is 9.84 Å². The molecule has 0 aliphatic heterocycles. The van der Waals surface area contributed by atoms with Gasteiger partial charge in [-0.25, -0.2) is 8.42 Å². The van der Waals surface area contributed by atoms with Crippen LogP contribution in [-0.2, 0) is 9.84 Å². The number of methoxy groups -OCH3 is 1. The lowest BCUT2D eigenvalue weighted by Gasteiger charge is -2.33. The average Bonchev–Trinajstić information content (AvgIpc) is 2.28. The number of benzene rings is 1. The standard InChI is InChI=1S/C14H23NO3S/c1-10-9-11(7-8-12(10)18-5)13(15-4)14(2,3)19(6,16)17/h7-9,13,15H,1-6H3. The Morgan fingerprint density at radius 2 is 1.89 bits per heavy atom. The van der Waals surface area contributed by atoms with Crippen LogP contribution in [0.2, 0.25) is 0 Å². The molecule has 0 aromatic heterocycles. The maximum absolute atomic E-state index is 12.0. The van der Waals surface area contributed by atoms with Crippen molar-refractivity contribution >= 4 is 9.84 Å². The van der Waals surface area contributed by atoms with Crippen LogP contribution in [0.4, 0.5) is 0 Å². The van der Waals surface area contributed by atoms with Gasteiger partial charge in [0.05, 0.1) is 17.9 Å². The highest BCUT2D eigenvalue weighted by molar-refractivity contribution is 7.92. The first kappa shape index (κ1) is 16.0. The molecule has 1 aromatic rings. The molecule has 0 bridgehead atoms. The first-order valence-electron chi connectivity index (χ1n) is 6.16. The quantitative estimate of drug-likeness (QED) is 0.900. The van der Waals surface area contributed by atoms with Gasteiger partial charge < -0.3 is 10.1 Å². The van der Waals surface area contributed by atoms with Crippen molar-refractivity contribution in [3.63, 3.8) is 0 Å². The van der Waals surface area contributed by atoms with Crippen LogP contribution in [0.25, 0.3) is 0 Å². The summed E-state index contributed by atoms with van der Waals surface area (Å²) in [6, 6.07) is 5.47. The molecule has 0 fully saturated rings. The van der Waals surface area contributed by atoms with Crippen LogP contribution in [0.3, 0.4) is 0 Å². The fourth-order valence-corrected chi connectivity index (χ4v) is 2.89. The number of hydrogen-bond donors (Lipinski definition) is 1. The van der Waals surface area contributed by atoms with Gasteiger partial charge in [-0.2, -0.15) is 0 Å². The molecule has 0 saturated carbocycles. The SMILES string of the molecule is CNC(c1ccc(OC)c(C)c1)C(C)(C)S(C)(=O)=O. The van der Waals surface area contributed by atoms with E-state index in [2.05, 4.69) is 5.32 Å². The predicted octanol–water partition coefficient (Wildman–Crippen LogP) is 2.09. The van der Waals surface area contributed by atoms with Crippen LogP contribution < -0.4 is 10.1 Å². The first-order chi connectivity index (χ1) is 8.65. The van der Waals surface area contributed by atoms with Gasteiger partial charge in [0.25, 0.3) is 0 Å². The van der Waals surface area contributed by atoms with Crippen molar-refractivity contribution < 1.29 is 13.2 Å². The van der Waals surface area contributed by atoms with Crippen molar-refractivity contribution in [1.82, 2.24) is 5.32 Å². The molecule has 0 aliphatic carbocycles. The summed E-state index contributed by atoms with van der Waals surface area (Å²) in [5, 5.41) is 3.11. The number of ether oxygens (including phenoxy) is 1. The average molecular weight is 285 g/mol. The summed E-state index contributed by atoms with van der Waals surface area (Å²) in [6.45, 7) is 5.43. The molecule has 0 heterocycles. The topological polar surface area (TPSA) is 55.4 Å². The Bertz CT molecular complexity index is 550. The Hall–Kier alpha value is -1.07. The number of nitrogens with one attached hydrogen (secondary N) is 1. The monoisotopic (exact) mass is 285 g/mol. The van der Waals surface area contributed by atoms with Crippen LogP contribution >= 0.6 is 0 Å². The number of hydrogen-bond acceptors (Lipinski definition) is 4. The molecule has 1 rings (SSSR count). The molecule has 0 amide bonds. The first-order valence-corrected chi connectivity index (χ1v) is 8.05. The smallest absolute Gasteiger partial charge is 0.154 e. The van der Waals surface area contributed by atoms with E-state index in [-0.39, 0.29) is 6.04 Å². The predicted molar refractivity (Wildman–Crippen MR) is 78.5 cm³/mol. The third-order valence-electron chi connectivity index (χ3n) is 3.69. The molecule has 1 atom stereocenters. The van der Waals surface area contributed by atoms with Crippen molar-refractivity contribution in [2.24, 2.45) is 0 Å². The van der Waals surface area contributed by atoms with Crippen molar-refractivity contribution in [3.8, 4) is 5.75 Å². The normalized spacial score (nSPS) is 14.2. The van der Waals surface area contributed by atoms with Gasteiger partial charge in [-0.1, -0.05) is 12.1 Å². The maximum Gasteiger partial charge on any atom is 0.154 e. The second kappa shape index (κ2) is 5.51. The Morgan fingerprint density at radius 3 is 2.26 bits per heavy atom. The minimum absolute atomic E-state index is 0.271. The molecule has 1 N–H and O–H groups in total. The van der Waals surface area contributed by atoms with Crippen LogP contribution in [0, 0.1) is 6.92 Å². The molecule has 1 unspecified atom stereocenters. The fraction of sp³-hybridized carbons (Fsp3) is 0.571. The van der Waals surface area contributed by atoms with Crippen molar-refractivity contribution in [3.05, 3.63) is 29.3 Å². The third kappa shape index (κ3) is 3.09.